The maximum Gasteiger partial charge on any atom is 0.196 e. The molecule has 0 saturated heterocycles. The Hall–Kier alpha value is -2.22. The van der Waals surface area contributed by atoms with Gasteiger partial charge in [0.2, 0.25) is 0 Å². The minimum atomic E-state index is -0.403. The first-order chi connectivity index (χ1) is 13.8. The van der Waals surface area contributed by atoms with Crippen LogP contribution in [0.3, 0.4) is 0 Å². The van der Waals surface area contributed by atoms with Crippen LogP contribution in [0.4, 0.5) is 4.39 Å². The van der Waals surface area contributed by atoms with Crippen molar-refractivity contribution in [1.82, 2.24) is 19.7 Å². The molecule has 0 amide bonds. The van der Waals surface area contributed by atoms with Crippen LogP contribution in [0.1, 0.15) is 36.1 Å². The maximum atomic E-state index is 13.4. The van der Waals surface area contributed by atoms with Crippen molar-refractivity contribution in [3.8, 4) is 5.69 Å². The number of benzene rings is 2. The molecule has 0 aliphatic rings. The fraction of sp³-hybridized carbons (Fsp3) is 0.286. The van der Waals surface area contributed by atoms with E-state index in [-0.39, 0.29) is 17.6 Å². The Morgan fingerprint density at radius 3 is 2.45 bits per heavy atom. The zero-order valence-electron chi connectivity index (χ0n) is 16.6. The highest BCUT2D eigenvalue weighted by Gasteiger charge is 2.25. The predicted octanol–water partition coefficient (Wildman–Crippen LogP) is 5.05. The van der Waals surface area contributed by atoms with Crippen LogP contribution >= 0.6 is 23.4 Å². The van der Waals surface area contributed by atoms with Crippen LogP contribution in [-0.2, 0) is 0 Å². The molecule has 0 radical (unpaired) electrons. The lowest BCUT2D eigenvalue weighted by Crippen LogP contribution is -2.21. The Balaban J connectivity index is 1.96. The van der Waals surface area contributed by atoms with Crippen molar-refractivity contribution >= 4 is 29.1 Å². The molecule has 5 nitrogen and oxygen atoms in total. The summed E-state index contributed by atoms with van der Waals surface area (Å²) >= 11 is 7.33. The van der Waals surface area contributed by atoms with Crippen LogP contribution in [0, 0.1) is 5.82 Å². The van der Waals surface area contributed by atoms with Crippen LogP contribution in [0.25, 0.3) is 5.69 Å². The number of aromatic nitrogens is 3. The number of rotatable bonds is 7. The van der Waals surface area contributed by atoms with Crippen LogP contribution in [0.5, 0.6) is 0 Å². The first kappa shape index (κ1) is 21.5. The number of hydrogen-bond donors (Lipinski definition) is 0. The fourth-order valence-electron chi connectivity index (χ4n) is 2.78. The number of hydrogen-bond acceptors (Lipinski definition) is 5. The Morgan fingerprint density at radius 1 is 1.14 bits per heavy atom. The van der Waals surface area contributed by atoms with Crippen LogP contribution in [0.15, 0.2) is 53.7 Å². The minimum Gasteiger partial charge on any atom is -0.300 e. The van der Waals surface area contributed by atoms with Crippen molar-refractivity contribution in [2.24, 2.45) is 0 Å². The van der Waals surface area contributed by atoms with Gasteiger partial charge in [-0.3, -0.25) is 14.3 Å². The highest BCUT2D eigenvalue weighted by atomic mass is 35.5. The van der Waals surface area contributed by atoms with Gasteiger partial charge in [0.1, 0.15) is 5.82 Å². The first-order valence-corrected chi connectivity index (χ1v) is 10.4. The highest BCUT2D eigenvalue weighted by Crippen LogP contribution is 2.30. The molecule has 29 heavy (non-hydrogen) atoms. The third kappa shape index (κ3) is 4.86. The standard InChI is InChI=1S/C21H22ClFN4OS/c1-13(26(3)4)20-24-25-21(27(20)18-10-8-17(23)9-11-18)29-14(2)19(28)15-6-5-7-16(22)12-15/h5-14H,1-4H3/t13-,14-/m1/s1. The third-order valence-corrected chi connectivity index (χ3v) is 5.93. The summed E-state index contributed by atoms with van der Waals surface area (Å²) < 4.78 is 15.3. The van der Waals surface area contributed by atoms with Gasteiger partial charge in [-0.25, -0.2) is 4.39 Å². The van der Waals surface area contributed by atoms with E-state index in [0.29, 0.717) is 21.6 Å². The van der Waals surface area contributed by atoms with Gasteiger partial charge in [0, 0.05) is 16.3 Å². The Kier molecular flexibility index (Phi) is 6.72. The Labute approximate surface area is 178 Å². The lowest BCUT2D eigenvalue weighted by atomic mass is 10.1. The number of nitrogens with zero attached hydrogens (tertiary/aromatic N) is 4. The number of halogens is 2. The lowest BCUT2D eigenvalue weighted by Gasteiger charge is -2.21. The number of carbonyl (C=O) groups excluding carboxylic acids is 1. The van der Waals surface area contributed by atoms with Crippen LogP contribution in [0.2, 0.25) is 5.02 Å². The van der Waals surface area contributed by atoms with E-state index in [1.807, 2.05) is 37.4 Å². The molecule has 3 aromatic rings. The zero-order chi connectivity index (χ0) is 21.1. The molecule has 0 unspecified atom stereocenters. The number of thioether (sulfide) groups is 1. The van der Waals surface area contributed by atoms with E-state index in [9.17, 15) is 9.18 Å². The summed E-state index contributed by atoms with van der Waals surface area (Å²) in [6.07, 6.45) is 0. The van der Waals surface area contributed by atoms with Gasteiger partial charge in [0.15, 0.2) is 16.8 Å². The summed E-state index contributed by atoms with van der Waals surface area (Å²) in [7, 11) is 3.90. The molecule has 0 saturated carbocycles. The third-order valence-electron chi connectivity index (χ3n) is 4.65. The summed E-state index contributed by atoms with van der Waals surface area (Å²) in [4.78, 5) is 14.9. The van der Waals surface area contributed by atoms with Gasteiger partial charge in [-0.15, -0.1) is 10.2 Å². The molecule has 0 fully saturated rings. The smallest absolute Gasteiger partial charge is 0.196 e. The van der Waals surface area contributed by atoms with Crippen molar-refractivity contribution < 1.29 is 9.18 Å². The van der Waals surface area contributed by atoms with Crippen LogP contribution in [-0.4, -0.2) is 44.8 Å². The molecule has 1 aromatic heterocycles. The average molecular weight is 433 g/mol. The van der Waals surface area contributed by atoms with E-state index in [1.54, 1.807) is 36.4 Å². The average Bonchev–Trinajstić information content (AvgIpc) is 3.10. The summed E-state index contributed by atoms with van der Waals surface area (Å²) in [6.45, 7) is 3.84. The fourth-order valence-corrected chi connectivity index (χ4v) is 3.92. The van der Waals surface area contributed by atoms with E-state index in [1.165, 1.54) is 23.9 Å². The number of ketones is 1. The first-order valence-electron chi connectivity index (χ1n) is 9.12. The largest absolute Gasteiger partial charge is 0.300 e. The molecule has 0 spiro atoms. The van der Waals surface area contributed by atoms with Crippen LogP contribution < -0.4 is 0 Å². The lowest BCUT2D eigenvalue weighted by molar-refractivity contribution is 0.0994. The molecule has 152 valence electrons. The second-order valence-electron chi connectivity index (χ2n) is 6.93. The van der Waals surface area contributed by atoms with Gasteiger partial charge in [0.05, 0.1) is 11.3 Å². The normalized spacial score (nSPS) is 13.5. The molecular weight excluding hydrogens is 411 g/mol. The molecule has 1 heterocycles. The van der Waals surface area contributed by atoms with Crippen molar-refractivity contribution in [3.63, 3.8) is 0 Å². The van der Waals surface area contributed by atoms with Gasteiger partial charge in [-0.05, 0) is 64.3 Å². The zero-order valence-corrected chi connectivity index (χ0v) is 18.2. The summed E-state index contributed by atoms with van der Waals surface area (Å²) in [5, 5.41) is 9.38. The minimum absolute atomic E-state index is 0.0270. The molecule has 2 atom stereocenters. The molecular formula is C21H22ClFN4OS. The molecule has 0 bridgehead atoms. The van der Waals surface area contributed by atoms with Crippen molar-refractivity contribution in [3.05, 3.63) is 70.8 Å². The van der Waals surface area contributed by atoms with E-state index >= 15 is 0 Å². The molecule has 3 rings (SSSR count). The predicted molar refractivity (Wildman–Crippen MR) is 115 cm³/mol. The highest BCUT2D eigenvalue weighted by molar-refractivity contribution is 8.00. The molecule has 8 heteroatoms. The van der Waals surface area contributed by atoms with E-state index < -0.39 is 5.25 Å². The molecule has 0 aliphatic carbocycles. The van der Waals surface area contributed by atoms with Gasteiger partial charge in [-0.2, -0.15) is 0 Å². The van der Waals surface area contributed by atoms with Crippen molar-refractivity contribution in [2.75, 3.05) is 14.1 Å². The quantitative estimate of drug-likeness (QED) is 0.386. The van der Waals surface area contributed by atoms with E-state index in [2.05, 4.69) is 10.2 Å². The SMILES string of the molecule is C[C@H](c1nnc(S[C@H](C)C(=O)c2cccc(Cl)c2)n1-c1ccc(F)cc1)N(C)C. The van der Waals surface area contributed by atoms with Crippen molar-refractivity contribution in [2.45, 2.75) is 30.3 Å². The number of Topliss-reactive ketones (excluding diaryl/α,β-unsaturated/α-hetero) is 1. The van der Waals surface area contributed by atoms with E-state index in [0.717, 1.165) is 5.69 Å². The van der Waals surface area contributed by atoms with Crippen molar-refractivity contribution in [1.29, 1.82) is 0 Å². The summed E-state index contributed by atoms with van der Waals surface area (Å²) in [6, 6.07) is 13.0. The second-order valence-corrected chi connectivity index (χ2v) is 8.67. The molecule has 0 aliphatic heterocycles. The molecule has 0 N–H and O–H groups in total. The van der Waals surface area contributed by atoms with E-state index in [4.69, 9.17) is 11.6 Å². The Morgan fingerprint density at radius 2 is 1.83 bits per heavy atom. The monoisotopic (exact) mass is 432 g/mol. The Bertz CT molecular complexity index is 1010. The number of carbonyl (C=O) groups is 1. The second kappa shape index (κ2) is 9.07. The van der Waals surface area contributed by atoms with Gasteiger partial charge >= 0.3 is 0 Å². The maximum absolute atomic E-state index is 13.4. The summed E-state index contributed by atoms with van der Waals surface area (Å²) in [5.41, 5.74) is 1.29. The summed E-state index contributed by atoms with van der Waals surface area (Å²) in [5.74, 6) is 0.350. The van der Waals surface area contributed by atoms with Gasteiger partial charge < -0.3 is 0 Å². The van der Waals surface area contributed by atoms with Gasteiger partial charge in [-0.1, -0.05) is 35.5 Å². The topological polar surface area (TPSA) is 51.0 Å². The molecule has 2 aromatic carbocycles. The van der Waals surface area contributed by atoms with Gasteiger partial charge in [0.25, 0.3) is 0 Å².